The zero-order valence-corrected chi connectivity index (χ0v) is 13.7. The summed E-state index contributed by atoms with van der Waals surface area (Å²) in [6, 6.07) is 13.1. The van der Waals surface area contributed by atoms with Crippen LogP contribution < -0.4 is 10.9 Å². The Morgan fingerprint density at radius 3 is 2.48 bits per heavy atom. The standard InChI is InChI=1S/C19H15NO5/c1-11-4-3-5-13-10-15(19(23)25-16(11)13)17(21)20-14-8-6-12(7-9-14)18(22)24-2/h3-10H,1-2H3,(H,20,21). The molecule has 0 aliphatic carbocycles. The Balaban J connectivity index is 1.88. The fourth-order valence-corrected chi connectivity index (χ4v) is 2.45. The van der Waals surface area contributed by atoms with E-state index in [9.17, 15) is 14.4 Å². The van der Waals surface area contributed by atoms with Crippen LogP contribution in [0.4, 0.5) is 5.69 Å². The Hall–Kier alpha value is -3.41. The van der Waals surface area contributed by atoms with Gasteiger partial charge in [0.15, 0.2) is 0 Å². The van der Waals surface area contributed by atoms with Crippen molar-refractivity contribution in [3.05, 3.63) is 75.6 Å². The van der Waals surface area contributed by atoms with Gasteiger partial charge in [0.05, 0.1) is 12.7 Å². The van der Waals surface area contributed by atoms with E-state index in [2.05, 4.69) is 10.1 Å². The fourth-order valence-electron chi connectivity index (χ4n) is 2.45. The van der Waals surface area contributed by atoms with Gasteiger partial charge in [-0.25, -0.2) is 9.59 Å². The first-order chi connectivity index (χ1) is 12.0. The van der Waals surface area contributed by atoms with Gasteiger partial charge in [-0.15, -0.1) is 0 Å². The number of amides is 1. The number of carbonyl (C=O) groups excluding carboxylic acids is 2. The van der Waals surface area contributed by atoms with Gasteiger partial charge in [-0.2, -0.15) is 0 Å². The molecule has 0 unspecified atom stereocenters. The molecule has 0 aliphatic heterocycles. The van der Waals surface area contributed by atoms with E-state index in [1.54, 1.807) is 18.2 Å². The van der Waals surface area contributed by atoms with Crippen LogP contribution in [0.5, 0.6) is 0 Å². The number of methoxy groups -OCH3 is 1. The number of anilines is 1. The molecule has 6 nitrogen and oxygen atoms in total. The topological polar surface area (TPSA) is 85.6 Å². The van der Waals surface area contributed by atoms with Crippen LogP contribution in [0.2, 0.25) is 0 Å². The van der Waals surface area contributed by atoms with E-state index >= 15 is 0 Å². The third kappa shape index (κ3) is 3.28. The fraction of sp³-hybridized carbons (Fsp3) is 0.105. The first kappa shape index (κ1) is 16.4. The summed E-state index contributed by atoms with van der Waals surface area (Å²) in [5.74, 6) is -1.05. The Labute approximate surface area is 143 Å². The molecule has 1 N–H and O–H groups in total. The van der Waals surface area contributed by atoms with Crippen molar-refractivity contribution in [2.24, 2.45) is 0 Å². The number of hydrogen-bond acceptors (Lipinski definition) is 5. The van der Waals surface area contributed by atoms with Gasteiger partial charge in [0.2, 0.25) is 0 Å². The van der Waals surface area contributed by atoms with Crippen molar-refractivity contribution in [3.8, 4) is 0 Å². The molecule has 0 radical (unpaired) electrons. The highest BCUT2D eigenvalue weighted by atomic mass is 16.5. The Morgan fingerprint density at radius 1 is 1.08 bits per heavy atom. The van der Waals surface area contributed by atoms with Crippen LogP contribution in [0.1, 0.15) is 26.3 Å². The van der Waals surface area contributed by atoms with Crippen molar-refractivity contribution in [1.82, 2.24) is 0 Å². The number of rotatable bonds is 3. The van der Waals surface area contributed by atoms with Gasteiger partial charge in [-0.3, -0.25) is 4.79 Å². The van der Waals surface area contributed by atoms with Crippen LogP contribution in [0, 0.1) is 6.92 Å². The van der Waals surface area contributed by atoms with Crippen molar-refractivity contribution >= 4 is 28.5 Å². The molecular weight excluding hydrogens is 322 g/mol. The van der Waals surface area contributed by atoms with Gasteiger partial charge in [0.25, 0.3) is 5.91 Å². The minimum Gasteiger partial charge on any atom is -0.465 e. The van der Waals surface area contributed by atoms with Gasteiger partial charge in [-0.05, 0) is 42.8 Å². The summed E-state index contributed by atoms with van der Waals surface area (Å²) in [6.45, 7) is 1.83. The van der Waals surface area contributed by atoms with Gasteiger partial charge < -0.3 is 14.5 Å². The second-order valence-corrected chi connectivity index (χ2v) is 5.46. The monoisotopic (exact) mass is 337 g/mol. The van der Waals surface area contributed by atoms with Crippen molar-refractivity contribution in [1.29, 1.82) is 0 Å². The molecule has 1 heterocycles. The maximum absolute atomic E-state index is 12.4. The summed E-state index contributed by atoms with van der Waals surface area (Å²) in [6.07, 6.45) is 0. The minimum absolute atomic E-state index is 0.0878. The molecule has 1 aromatic heterocycles. The van der Waals surface area contributed by atoms with Crippen molar-refractivity contribution in [3.63, 3.8) is 0 Å². The van der Waals surface area contributed by atoms with Crippen molar-refractivity contribution in [2.45, 2.75) is 6.92 Å². The molecule has 0 saturated heterocycles. The van der Waals surface area contributed by atoms with Crippen LogP contribution in [-0.4, -0.2) is 19.0 Å². The van der Waals surface area contributed by atoms with Crippen molar-refractivity contribution < 1.29 is 18.7 Å². The number of hydrogen-bond donors (Lipinski definition) is 1. The van der Waals surface area contributed by atoms with Crippen LogP contribution in [0.25, 0.3) is 11.0 Å². The number of carbonyl (C=O) groups is 2. The quantitative estimate of drug-likeness (QED) is 0.586. The highest BCUT2D eigenvalue weighted by Gasteiger charge is 2.15. The zero-order chi connectivity index (χ0) is 18.0. The molecule has 0 fully saturated rings. The van der Waals surface area contributed by atoms with Gasteiger partial charge in [0.1, 0.15) is 11.1 Å². The molecule has 0 atom stereocenters. The molecule has 1 amide bonds. The Bertz CT molecular complexity index is 1020. The molecule has 3 rings (SSSR count). The van der Waals surface area contributed by atoms with E-state index in [-0.39, 0.29) is 5.56 Å². The molecule has 0 spiro atoms. The van der Waals surface area contributed by atoms with Crippen LogP contribution in [0.15, 0.2) is 57.7 Å². The lowest BCUT2D eigenvalue weighted by Crippen LogP contribution is -2.20. The highest BCUT2D eigenvalue weighted by Crippen LogP contribution is 2.18. The summed E-state index contributed by atoms with van der Waals surface area (Å²) < 4.78 is 9.88. The molecular formula is C19H15NO5. The number of fused-ring (bicyclic) bond motifs is 1. The van der Waals surface area contributed by atoms with E-state index in [1.807, 2.05) is 19.1 Å². The molecule has 0 bridgehead atoms. The average Bonchev–Trinajstić information content (AvgIpc) is 2.62. The third-order valence-corrected chi connectivity index (χ3v) is 3.77. The molecule has 25 heavy (non-hydrogen) atoms. The zero-order valence-electron chi connectivity index (χ0n) is 13.7. The largest absolute Gasteiger partial charge is 0.465 e. The SMILES string of the molecule is COC(=O)c1ccc(NC(=O)c2cc3cccc(C)c3oc2=O)cc1. The predicted molar refractivity (Wildman–Crippen MR) is 93.0 cm³/mol. The maximum Gasteiger partial charge on any atom is 0.349 e. The number of benzene rings is 2. The molecule has 6 heteroatoms. The average molecular weight is 337 g/mol. The van der Waals surface area contributed by atoms with E-state index in [0.717, 1.165) is 5.56 Å². The van der Waals surface area contributed by atoms with Crippen LogP contribution in [-0.2, 0) is 4.74 Å². The molecule has 126 valence electrons. The lowest BCUT2D eigenvalue weighted by atomic mass is 10.1. The van der Waals surface area contributed by atoms with E-state index in [4.69, 9.17) is 4.42 Å². The number of esters is 1. The smallest absolute Gasteiger partial charge is 0.349 e. The molecule has 0 aliphatic rings. The van der Waals surface area contributed by atoms with E-state index in [0.29, 0.717) is 22.2 Å². The lowest BCUT2D eigenvalue weighted by molar-refractivity contribution is 0.0600. The van der Waals surface area contributed by atoms with Crippen LogP contribution >= 0.6 is 0 Å². The predicted octanol–water partition coefficient (Wildman–Crippen LogP) is 3.14. The summed E-state index contributed by atoms with van der Waals surface area (Å²) in [7, 11) is 1.29. The maximum atomic E-state index is 12.4. The van der Waals surface area contributed by atoms with Gasteiger partial charge >= 0.3 is 11.6 Å². The molecule has 0 saturated carbocycles. The molecule has 2 aromatic carbocycles. The Morgan fingerprint density at radius 2 is 1.80 bits per heavy atom. The normalized spacial score (nSPS) is 10.5. The number of ether oxygens (including phenoxy) is 1. The number of nitrogens with one attached hydrogen (secondary N) is 1. The first-order valence-corrected chi connectivity index (χ1v) is 7.53. The summed E-state index contributed by atoms with van der Waals surface area (Å²) in [4.78, 5) is 35.9. The number of para-hydroxylation sites is 1. The highest BCUT2D eigenvalue weighted by molar-refractivity contribution is 6.05. The van der Waals surface area contributed by atoms with Gasteiger partial charge in [-0.1, -0.05) is 18.2 Å². The second kappa shape index (κ2) is 6.60. The second-order valence-electron chi connectivity index (χ2n) is 5.46. The van der Waals surface area contributed by atoms with E-state index in [1.165, 1.54) is 25.3 Å². The van der Waals surface area contributed by atoms with E-state index < -0.39 is 17.5 Å². The Kier molecular flexibility index (Phi) is 4.35. The first-order valence-electron chi connectivity index (χ1n) is 7.53. The summed E-state index contributed by atoms with van der Waals surface area (Å²) in [5, 5.41) is 3.28. The van der Waals surface area contributed by atoms with Gasteiger partial charge in [0, 0.05) is 11.1 Å². The molecule has 3 aromatic rings. The third-order valence-electron chi connectivity index (χ3n) is 3.77. The summed E-state index contributed by atoms with van der Waals surface area (Å²) in [5.41, 5.74) is 1.30. The lowest BCUT2D eigenvalue weighted by Gasteiger charge is -2.07. The minimum atomic E-state index is -0.703. The van der Waals surface area contributed by atoms with Crippen LogP contribution in [0.3, 0.4) is 0 Å². The summed E-state index contributed by atoms with van der Waals surface area (Å²) >= 11 is 0. The number of aryl methyl sites for hydroxylation is 1. The van der Waals surface area contributed by atoms with Crippen molar-refractivity contribution in [2.75, 3.05) is 12.4 Å².